The maximum atomic E-state index is 13.0. The second kappa shape index (κ2) is 7.37. The minimum Gasteiger partial charge on any atom is -0.268 e. The summed E-state index contributed by atoms with van der Waals surface area (Å²) in [6.45, 7) is 0. The van der Waals surface area contributed by atoms with Crippen LogP contribution in [-0.2, 0) is 0 Å². The minimum atomic E-state index is -0.131. The second-order valence-corrected chi connectivity index (χ2v) is 6.64. The Hall–Kier alpha value is -3.18. The number of hydrogen-bond donors (Lipinski definition) is 0. The van der Waals surface area contributed by atoms with E-state index in [0.717, 1.165) is 10.6 Å². The minimum absolute atomic E-state index is 0.131. The Kier molecular flexibility index (Phi) is 4.62. The average Bonchev–Trinajstić information content (AvgIpc) is 2.69. The van der Waals surface area contributed by atoms with Crippen LogP contribution in [0.2, 0.25) is 0 Å². The van der Waals surface area contributed by atoms with E-state index >= 15 is 0 Å². The van der Waals surface area contributed by atoms with Gasteiger partial charge in [0.15, 0.2) is 0 Å². The summed E-state index contributed by atoms with van der Waals surface area (Å²) in [5, 5.41) is 0.645. The SMILES string of the molecule is O=c1c(C=Nc2ccccc2)c(Sc2ccccc2)nc2ccccn12. The van der Waals surface area contributed by atoms with Gasteiger partial charge < -0.3 is 0 Å². The highest BCUT2D eigenvalue weighted by Gasteiger charge is 2.12. The molecule has 2 aromatic heterocycles. The molecule has 5 heteroatoms. The molecule has 0 fully saturated rings. The van der Waals surface area contributed by atoms with Crippen LogP contribution in [0.3, 0.4) is 0 Å². The Labute approximate surface area is 154 Å². The number of benzene rings is 2. The summed E-state index contributed by atoms with van der Waals surface area (Å²) >= 11 is 1.46. The Morgan fingerprint density at radius 2 is 1.58 bits per heavy atom. The van der Waals surface area contributed by atoms with Gasteiger partial charge in [0.05, 0.1) is 11.3 Å². The molecule has 0 saturated carbocycles. The Morgan fingerprint density at radius 3 is 2.35 bits per heavy atom. The molecule has 4 rings (SSSR count). The summed E-state index contributed by atoms with van der Waals surface area (Å²) in [4.78, 5) is 23.1. The maximum Gasteiger partial charge on any atom is 0.267 e. The first-order chi connectivity index (χ1) is 12.8. The third kappa shape index (κ3) is 3.43. The van der Waals surface area contributed by atoms with Gasteiger partial charge in [0.2, 0.25) is 0 Å². The highest BCUT2D eigenvalue weighted by atomic mass is 32.2. The topological polar surface area (TPSA) is 46.7 Å². The van der Waals surface area contributed by atoms with E-state index in [-0.39, 0.29) is 5.56 Å². The summed E-state index contributed by atoms with van der Waals surface area (Å²) < 4.78 is 1.54. The van der Waals surface area contributed by atoms with E-state index < -0.39 is 0 Å². The molecule has 0 unspecified atom stereocenters. The molecule has 0 spiro atoms. The van der Waals surface area contributed by atoms with E-state index in [9.17, 15) is 4.79 Å². The van der Waals surface area contributed by atoms with E-state index in [2.05, 4.69) is 9.98 Å². The van der Waals surface area contributed by atoms with E-state index in [4.69, 9.17) is 0 Å². The average molecular weight is 357 g/mol. The molecule has 0 N–H and O–H groups in total. The zero-order valence-corrected chi connectivity index (χ0v) is 14.6. The lowest BCUT2D eigenvalue weighted by Crippen LogP contribution is -2.20. The lowest BCUT2D eigenvalue weighted by atomic mass is 10.3. The summed E-state index contributed by atoms with van der Waals surface area (Å²) in [6, 6.07) is 25.0. The van der Waals surface area contributed by atoms with Crippen LogP contribution in [-0.4, -0.2) is 15.6 Å². The number of pyridine rings is 1. The van der Waals surface area contributed by atoms with Crippen molar-refractivity contribution >= 4 is 29.3 Å². The number of aliphatic imine (C=N–C) groups is 1. The Bertz CT molecular complexity index is 1120. The predicted octanol–water partition coefficient (Wildman–Crippen LogP) is 4.60. The molecule has 0 aliphatic carbocycles. The molecule has 2 aromatic carbocycles. The molecule has 4 aromatic rings. The smallest absolute Gasteiger partial charge is 0.267 e. The first-order valence-electron chi connectivity index (χ1n) is 8.15. The van der Waals surface area contributed by atoms with E-state index in [1.165, 1.54) is 11.8 Å². The molecule has 0 aliphatic heterocycles. The van der Waals surface area contributed by atoms with Gasteiger partial charge in [-0.2, -0.15) is 0 Å². The van der Waals surface area contributed by atoms with Crippen molar-refractivity contribution in [1.82, 2.24) is 9.38 Å². The van der Waals surface area contributed by atoms with Crippen LogP contribution >= 0.6 is 11.8 Å². The van der Waals surface area contributed by atoms with Crippen LogP contribution in [0.4, 0.5) is 5.69 Å². The lowest BCUT2D eigenvalue weighted by Gasteiger charge is -2.07. The van der Waals surface area contributed by atoms with Crippen molar-refractivity contribution in [2.24, 2.45) is 4.99 Å². The second-order valence-electron chi connectivity index (χ2n) is 5.57. The van der Waals surface area contributed by atoms with Gasteiger partial charge in [0.25, 0.3) is 5.56 Å². The van der Waals surface area contributed by atoms with Gasteiger partial charge in [-0.1, -0.05) is 54.2 Å². The van der Waals surface area contributed by atoms with Crippen LogP contribution in [0.15, 0.2) is 105 Å². The Morgan fingerprint density at radius 1 is 0.885 bits per heavy atom. The monoisotopic (exact) mass is 357 g/mol. The van der Waals surface area contributed by atoms with Gasteiger partial charge in [-0.15, -0.1) is 0 Å². The van der Waals surface area contributed by atoms with Gasteiger partial charge in [-0.25, -0.2) is 4.98 Å². The van der Waals surface area contributed by atoms with Crippen molar-refractivity contribution in [2.75, 3.05) is 0 Å². The highest BCUT2D eigenvalue weighted by Crippen LogP contribution is 2.27. The first-order valence-corrected chi connectivity index (χ1v) is 8.96. The fourth-order valence-electron chi connectivity index (χ4n) is 2.52. The third-order valence-electron chi connectivity index (χ3n) is 3.79. The largest absolute Gasteiger partial charge is 0.268 e. The van der Waals surface area contributed by atoms with Crippen LogP contribution in [0, 0.1) is 0 Å². The maximum absolute atomic E-state index is 13.0. The van der Waals surface area contributed by atoms with Crippen molar-refractivity contribution in [1.29, 1.82) is 0 Å². The zero-order chi connectivity index (χ0) is 17.8. The molecule has 0 radical (unpaired) electrons. The predicted molar refractivity (Wildman–Crippen MR) is 106 cm³/mol. The Balaban J connectivity index is 1.85. The summed E-state index contributed by atoms with van der Waals surface area (Å²) in [5.41, 5.74) is 1.76. The molecule has 126 valence electrons. The fraction of sp³-hybridized carbons (Fsp3) is 0. The molecule has 0 atom stereocenters. The standard InChI is InChI=1S/C21H15N3OS/c25-21-18(15-22-16-9-3-1-4-10-16)20(26-17-11-5-2-6-12-17)23-19-13-7-8-14-24(19)21/h1-15H. The summed E-state index contributed by atoms with van der Waals surface area (Å²) in [5.74, 6) is 0. The quantitative estimate of drug-likeness (QED) is 0.396. The van der Waals surface area contributed by atoms with Crippen LogP contribution < -0.4 is 5.56 Å². The van der Waals surface area contributed by atoms with Gasteiger partial charge in [-0.3, -0.25) is 14.2 Å². The molecule has 0 aliphatic rings. The number of rotatable bonds is 4. The van der Waals surface area contributed by atoms with Crippen molar-refractivity contribution in [3.63, 3.8) is 0 Å². The summed E-state index contributed by atoms with van der Waals surface area (Å²) in [6.07, 6.45) is 3.33. The van der Waals surface area contributed by atoms with Crippen molar-refractivity contribution in [3.05, 3.63) is 101 Å². The van der Waals surface area contributed by atoms with Crippen LogP contribution in [0.5, 0.6) is 0 Å². The molecular weight excluding hydrogens is 342 g/mol. The normalized spacial score (nSPS) is 11.2. The zero-order valence-electron chi connectivity index (χ0n) is 13.8. The van der Waals surface area contributed by atoms with E-state index in [0.29, 0.717) is 16.2 Å². The molecule has 26 heavy (non-hydrogen) atoms. The lowest BCUT2D eigenvalue weighted by molar-refractivity contribution is 0.977. The molecule has 0 amide bonds. The molecule has 2 heterocycles. The number of aromatic nitrogens is 2. The molecule has 0 saturated heterocycles. The molecule has 0 bridgehead atoms. The third-order valence-corrected chi connectivity index (χ3v) is 4.80. The first kappa shape index (κ1) is 16.3. The highest BCUT2D eigenvalue weighted by molar-refractivity contribution is 7.99. The fourth-order valence-corrected chi connectivity index (χ4v) is 3.43. The number of nitrogens with zero attached hydrogens (tertiary/aromatic N) is 3. The number of para-hydroxylation sites is 1. The number of hydrogen-bond acceptors (Lipinski definition) is 4. The van der Waals surface area contributed by atoms with Gasteiger partial charge >= 0.3 is 0 Å². The molecule has 4 nitrogen and oxygen atoms in total. The van der Waals surface area contributed by atoms with Gasteiger partial charge in [0, 0.05) is 17.3 Å². The van der Waals surface area contributed by atoms with Crippen LogP contribution in [0.1, 0.15) is 5.56 Å². The van der Waals surface area contributed by atoms with E-state index in [1.807, 2.05) is 78.9 Å². The van der Waals surface area contributed by atoms with Crippen molar-refractivity contribution < 1.29 is 0 Å². The van der Waals surface area contributed by atoms with Crippen molar-refractivity contribution in [2.45, 2.75) is 9.92 Å². The number of fused-ring (bicyclic) bond motifs is 1. The van der Waals surface area contributed by atoms with Crippen molar-refractivity contribution in [3.8, 4) is 0 Å². The van der Waals surface area contributed by atoms with Gasteiger partial charge in [0.1, 0.15) is 10.7 Å². The van der Waals surface area contributed by atoms with Crippen LogP contribution in [0.25, 0.3) is 5.65 Å². The van der Waals surface area contributed by atoms with Gasteiger partial charge in [-0.05, 0) is 36.4 Å². The molecular formula is C21H15N3OS. The van der Waals surface area contributed by atoms with E-state index in [1.54, 1.807) is 16.8 Å². The summed E-state index contributed by atoms with van der Waals surface area (Å²) in [7, 11) is 0.